The number of carbonyl (C=O) groups excluding carboxylic acids is 2. The monoisotopic (exact) mass is 514 g/mol. The highest BCUT2D eigenvalue weighted by Crippen LogP contribution is 2.39. The predicted molar refractivity (Wildman–Crippen MR) is 146 cm³/mol. The molecule has 5 nitrogen and oxygen atoms in total. The number of benzene rings is 3. The van der Waals surface area contributed by atoms with Gasteiger partial charge in [0.2, 0.25) is 5.91 Å². The summed E-state index contributed by atoms with van der Waals surface area (Å²) in [4.78, 5) is 28.4. The van der Waals surface area contributed by atoms with Gasteiger partial charge in [0.15, 0.2) is 0 Å². The van der Waals surface area contributed by atoms with Crippen LogP contribution in [0.4, 0.5) is 5.69 Å². The Morgan fingerprint density at radius 3 is 2.58 bits per heavy atom. The lowest BCUT2D eigenvalue weighted by Gasteiger charge is -2.23. The maximum Gasteiger partial charge on any atom is 0.255 e. The lowest BCUT2D eigenvalue weighted by atomic mass is 10.1. The van der Waals surface area contributed by atoms with Gasteiger partial charge in [-0.15, -0.1) is 23.5 Å². The number of hydrogen-bond acceptors (Lipinski definition) is 5. The molecule has 0 radical (unpaired) electrons. The van der Waals surface area contributed by atoms with Crippen molar-refractivity contribution in [3.05, 3.63) is 119 Å². The molecule has 1 saturated heterocycles. The number of nitrogens with zero attached hydrogens (tertiary/aromatic N) is 1. The van der Waals surface area contributed by atoms with Gasteiger partial charge in [0.25, 0.3) is 5.91 Å². The molecule has 2 heterocycles. The zero-order chi connectivity index (χ0) is 24.9. The number of hydrogen-bond donors (Lipinski definition) is 1. The van der Waals surface area contributed by atoms with Crippen LogP contribution in [0.1, 0.15) is 38.2 Å². The van der Waals surface area contributed by atoms with Gasteiger partial charge in [0.05, 0.1) is 18.6 Å². The third-order valence-corrected chi connectivity index (χ3v) is 8.36. The van der Waals surface area contributed by atoms with Gasteiger partial charge >= 0.3 is 0 Å². The van der Waals surface area contributed by atoms with Crippen LogP contribution in [-0.2, 0) is 17.1 Å². The van der Waals surface area contributed by atoms with E-state index in [2.05, 4.69) is 29.6 Å². The zero-order valence-electron chi connectivity index (χ0n) is 19.8. The fourth-order valence-electron chi connectivity index (χ4n) is 4.10. The van der Waals surface area contributed by atoms with Crippen molar-refractivity contribution >= 4 is 41.0 Å². The second-order valence-corrected chi connectivity index (χ2v) is 10.7. The molecular weight excluding hydrogens is 488 g/mol. The van der Waals surface area contributed by atoms with Crippen molar-refractivity contribution in [1.82, 2.24) is 4.90 Å². The number of amides is 2. The first-order valence-corrected chi connectivity index (χ1v) is 13.7. The van der Waals surface area contributed by atoms with E-state index in [0.717, 1.165) is 28.3 Å². The highest BCUT2D eigenvalue weighted by molar-refractivity contribution is 8.00. The minimum atomic E-state index is -0.154. The van der Waals surface area contributed by atoms with Gasteiger partial charge in [-0.25, -0.2) is 0 Å². The number of aryl methyl sites for hydroxylation is 1. The minimum absolute atomic E-state index is 0.0873. The zero-order valence-corrected chi connectivity index (χ0v) is 21.5. The Labute approximate surface area is 219 Å². The van der Waals surface area contributed by atoms with Crippen molar-refractivity contribution in [2.45, 2.75) is 29.5 Å². The van der Waals surface area contributed by atoms with E-state index in [-0.39, 0.29) is 17.2 Å². The molecule has 0 saturated carbocycles. The smallest absolute Gasteiger partial charge is 0.255 e. The summed E-state index contributed by atoms with van der Waals surface area (Å²) in [6.07, 6.45) is 1.62. The number of anilines is 1. The van der Waals surface area contributed by atoms with Gasteiger partial charge < -0.3 is 14.6 Å². The number of rotatable bonds is 8. The van der Waals surface area contributed by atoms with Crippen molar-refractivity contribution in [3.63, 3.8) is 0 Å². The number of nitrogens with one attached hydrogen (secondary N) is 1. The maximum atomic E-state index is 12.9. The minimum Gasteiger partial charge on any atom is -0.467 e. The number of carbonyl (C=O) groups is 2. The average molecular weight is 515 g/mol. The van der Waals surface area contributed by atoms with Crippen LogP contribution in [0.15, 0.2) is 101 Å². The Bertz CT molecular complexity index is 1340. The second-order valence-electron chi connectivity index (χ2n) is 8.59. The standard InChI is InChI=1S/C29H26N2O3S2/c1-20-16-21(18-35-25-7-3-2-4-8-25)9-14-26(20)30-28(33)22-10-12-23(13-11-22)29-31(27(32)19-36-29)17-24-6-5-15-34-24/h2-16,29H,17-19H2,1H3,(H,30,33)/t29-/m0/s1. The Balaban J connectivity index is 1.21. The van der Waals surface area contributed by atoms with Crippen molar-refractivity contribution in [3.8, 4) is 0 Å². The fourth-order valence-corrected chi connectivity index (χ4v) is 6.15. The Hall–Kier alpha value is -3.42. The molecule has 1 N–H and O–H groups in total. The molecule has 36 heavy (non-hydrogen) atoms. The van der Waals surface area contributed by atoms with E-state index >= 15 is 0 Å². The Morgan fingerprint density at radius 2 is 1.86 bits per heavy atom. The Kier molecular flexibility index (Phi) is 7.49. The topological polar surface area (TPSA) is 62.6 Å². The van der Waals surface area contributed by atoms with E-state index in [9.17, 15) is 9.59 Å². The molecule has 0 unspecified atom stereocenters. The Morgan fingerprint density at radius 1 is 1.06 bits per heavy atom. The van der Waals surface area contributed by atoms with Gasteiger partial charge in [0, 0.05) is 21.9 Å². The number of furan rings is 1. The van der Waals surface area contributed by atoms with E-state index in [1.807, 2.05) is 72.5 Å². The van der Waals surface area contributed by atoms with Crippen LogP contribution < -0.4 is 5.32 Å². The molecule has 3 aromatic carbocycles. The summed E-state index contributed by atoms with van der Waals surface area (Å²) in [5.41, 5.74) is 4.62. The van der Waals surface area contributed by atoms with Crippen LogP contribution in [0, 0.1) is 6.92 Å². The van der Waals surface area contributed by atoms with Crippen molar-refractivity contribution in [2.24, 2.45) is 0 Å². The van der Waals surface area contributed by atoms with Crippen LogP contribution >= 0.6 is 23.5 Å². The lowest BCUT2D eigenvalue weighted by Crippen LogP contribution is -2.27. The van der Waals surface area contributed by atoms with Crippen LogP contribution in [0.3, 0.4) is 0 Å². The summed E-state index contributed by atoms with van der Waals surface area (Å²) in [7, 11) is 0. The highest BCUT2D eigenvalue weighted by Gasteiger charge is 2.33. The third-order valence-electron chi connectivity index (χ3n) is 6.02. The maximum absolute atomic E-state index is 12.9. The average Bonchev–Trinajstić information content (AvgIpc) is 3.55. The first-order valence-electron chi connectivity index (χ1n) is 11.7. The first kappa shape index (κ1) is 24.3. The van der Waals surface area contributed by atoms with Crippen molar-refractivity contribution in [2.75, 3.05) is 11.1 Å². The molecule has 2 amide bonds. The second kappa shape index (κ2) is 11.1. The molecular formula is C29H26N2O3S2. The van der Waals surface area contributed by atoms with Crippen LogP contribution in [0.5, 0.6) is 0 Å². The van der Waals surface area contributed by atoms with E-state index < -0.39 is 0 Å². The van der Waals surface area contributed by atoms with Gasteiger partial charge in [-0.3, -0.25) is 9.59 Å². The van der Waals surface area contributed by atoms with Crippen LogP contribution in [0.2, 0.25) is 0 Å². The van der Waals surface area contributed by atoms with Crippen LogP contribution in [0.25, 0.3) is 0 Å². The molecule has 0 aliphatic carbocycles. The SMILES string of the molecule is Cc1cc(CSc2ccccc2)ccc1NC(=O)c1ccc([C@@H]2SCC(=O)N2Cc2ccco2)cc1. The lowest BCUT2D eigenvalue weighted by molar-refractivity contribution is -0.128. The summed E-state index contributed by atoms with van der Waals surface area (Å²) < 4.78 is 5.43. The normalized spacial score (nSPS) is 15.3. The summed E-state index contributed by atoms with van der Waals surface area (Å²) >= 11 is 3.38. The summed E-state index contributed by atoms with van der Waals surface area (Å²) in [5, 5.41) is 2.94. The molecule has 1 aliphatic rings. The van der Waals surface area contributed by atoms with Gasteiger partial charge in [-0.2, -0.15) is 0 Å². The quantitative estimate of drug-likeness (QED) is 0.259. The van der Waals surface area contributed by atoms with Gasteiger partial charge in [0.1, 0.15) is 11.1 Å². The third kappa shape index (κ3) is 5.69. The van der Waals surface area contributed by atoms with Gasteiger partial charge in [-0.05, 0) is 66.1 Å². The molecule has 1 aromatic heterocycles. The molecule has 5 rings (SSSR count). The first-order chi connectivity index (χ1) is 17.6. The largest absolute Gasteiger partial charge is 0.467 e. The van der Waals surface area contributed by atoms with E-state index in [1.54, 1.807) is 29.8 Å². The highest BCUT2D eigenvalue weighted by atomic mass is 32.2. The van der Waals surface area contributed by atoms with E-state index in [1.165, 1.54) is 10.5 Å². The summed E-state index contributed by atoms with van der Waals surface area (Å²) in [6.45, 7) is 2.45. The summed E-state index contributed by atoms with van der Waals surface area (Å²) in [5.74, 6) is 2.00. The molecule has 1 aliphatic heterocycles. The molecule has 7 heteroatoms. The van der Waals surface area contributed by atoms with E-state index in [4.69, 9.17) is 4.42 Å². The van der Waals surface area contributed by atoms with Crippen molar-refractivity contribution < 1.29 is 14.0 Å². The van der Waals surface area contributed by atoms with Crippen LogP contribution in [-0.4, -0.2) is 22.5 Å². The molecule has 4 aromatic rings. The predicted octanol–water partition coefficient (Wildman–Crippen LogP) is 6.91. The van der Waals surface area contributed by atoms with E-state index in [0.29, 0.717) is 17.9 Å². The van der Waals surface area contributed by atoms with Crippen molar-refractivity contribution in [1.29, 1.82) is 0 Å². The molecule has 0 spiro atoms. The molecule has 0 bridgehead atoms. The summed E-state index contributed by atoms with van der Waals surface area (Å²) in [6, 6.07) is 27.7. The molecule has 1 fully saturated rings. The molecule has 182 valence electrons. The van der Waals surface area contributed by atoms with Gasteiger partial charge in [-0.1, -0.05) is 42.5 Å². The number of thioether (sulfide) groups is 2. The molecule has 1 atom stereocenters. The fraction of sp³-hybridized carbons (Fsp3) is 0.172.